The Morgan fingerprint density at radius 2 is 2.10 bits per heavy atom. The van der Waals surface area contributed by atoms with Gasteiger partial charge in [-0.3, -0.25) is 0 Å². The maximum Gasteiger partial charge on any atom is 0.336 e. The van der Waals surface area contributed by atoms with E-state index in [1.54, 1.807) is 19.1 Å². The second kappa shape index (κ2) is 6.61. The normalized spacial score (nSPS) is 21.0. The highest BCUT2D eigenvalue weighted by Crippen LogP contribution is 2.30. The van der Waals surface area contributed by atoms with E-state index in [-0.39, 0.29) is 11.6 Å². The van der Waals surface area contributed by atoms with Gasteiger partial charge < -0.3 is 15.7 Å². The Labute approximate surface area is 124 Å². The smallest absolute Gasteiger partial charge is 0.336 e. The predicted octanol–water partition coefficient (Wildman–Crippen LogP) is 3.25. The zero-order chi connectivity index (χ0) is 15.4. The van der Waals surface area contributed by atoms with E-state index in [1.807, 2.05) is 0 Å². The number of carbonyl (C=O) groups is 2. The zero-order valence-corrected chi connectivity index (χ0v) is 12.5. The molecule has 2 amide bonds. The van der Waals surface area contributed by atoms with E-state index in [0.29, 0.717) is 29.6 Å². The molecule has 1 fully saturated rings. The first-order valence-electron chi connectivity index (χ1n) is 7.36. The van der Waals surface area contributed by atoms with Crippen LogP contribution in [0.5, 0.6) is 0 Å². The van der Waals surface area contributed by atoms with Gasteiger partial charge in [-0.05, 0) is 42.9 Å². The molecule has 0 aromatic heterocycles. The Morgan fingerprint density at radius 1 is 1.33 bits per heavy atom. The van der Waals surface area contributed by atoms with E-state index >= 15 is 0 Å². The van der Waals surface area contributed by atoms with Crippen LogP contribution in [0.4, 0.5) is 10.5 Å². The quantitative estimate of drug-likeness (QED) is 0.796. The van der Waals surface area contributed by atoms with Crippen LogP contribution in [0.2, 0.25) is 0 Å². The van der Waals surface area contributed by atoms with E-state index in [4.69, 9.17) is 5.11 Å². The highest BCUT2D eigenvalue weighted by atomic mass is 16.4. The number of amides is 2. The van der Waals surface area contributed by atoms with Crippen molar-refractivity contribution in [3.63, 3.8) is 0 Å². The molecule has 1 aromatic carbocycles. The van der Waals surface area contributed by atoms with Gasteiger partial charge in [-0.15, -0.1) is 0 Å². The van der Waals surface area contributed by atoms with Gasteiger partial charge >= 0.3 is 12.0 Å². The molecule has 114 valence electrons. The van der Waals surface area contributed by atoms with Crippen molar-refractivity contribution in [3.05, 3.63) is 29.3 Å². The molecule has 21 heavy (non-hydrogen) atoms. The van der Waals surface area contributed by atoms with Gasteiger partial charge in [-0.1, -0.05) is 25.8 Å². The van der Waals surface area contributed by atoms with Crippen molar-refractivity contribution >= 4 is 17.7 Å². The molecule has 2 unspecified atom stereocenters. The van der Waals surface area contributed by atoms with Crippen molar-refractivity contribution in [2.24, 2.45) is 11.8 Å². The Bertz CT molecular complexity index is 542. The Balaban J connectivity index is 1.93. The van der Waals surface area contributed by atoms with Gasteiger partial charge in [0.05, 0.1) is 5.56 Å². The lowest BCUT2D eigenvalue weighted by atomic mass is 9.98. The van der Waals surface area contributed by atoms with Crippen LogP contribution in [0.3, 0.4) is 0 Å². The van der Waals surface area contributed by atoms with E-state index in [2.05, 4.69) is 17.6 Å². The molecule has 0 aliphatic heterocycles. The number of hydrogen-bond acceptors (Lipinski definition) is 2. The van der Waals surface area contributed by atoms with E-state index in [9.17, 15) is 9.59 Å². The molecule has 2 atom stereocenters. The molecule has 3 N–H and O–H groups in total. The summed E-state index contributed by atoms with van der Waals surface area (Å²) in [5, 5.41) is 14.7. The molecule has 1 aliphatic rings. The van der Waals surface area contributed by atoms with Crippen LogP contribution in [0.1, 0.15) is 42.1 Å². The van der Waals surface area contributed by atoms with Gasteiger partial charge in [-0.25, -0.2) is 9.59 Å². The second-order valence-electron chi connectivity index (χ2n) is 5.79. The number of carbonyl (C=O) groups excluding carboxylic acids is 1. The van der Waals surface area contributed by atoms with E-state index in [0.717, 1.165) is 6.42 Å². The highest BCUT2D eigenvalue weighted by Gasteiger charge is 2.23. The average molecular weight is 290 g/mol. The monoisotopic (exact) mass is 290 g/mol. The van der Waals surface area contributed by atoms with Gasteiger partial charge in [-0.2, -0.15) is 0 Å². The number of anilines is 1. The number of carboxylic acid groups (broad SMARTS) is 1. The summed E-state index contributed by atoms with van der Waals surface area (Å²) < 4.78 is 0. The largest absolute Gasteiger partial charge is 0.478 e. The maximum absolute atomic E-state index is 11.9. The number of nitrogens with one attached hydrogen (secondary N) is 2. The fraction of sp³-hybridized carbons (Fsp3) is 0.500. The predicted molar refractivity (Wildman–Crippen MR) is 81.7 cm³/mol. The average Bonchev–Trinajstić information content (AvgIpc) is 2.84. The van der Waals surface area contributed by atoms with Crippen molar-refractivity contribution in [1.82, 2.24) is 5.32 Å². The van der Waals surface area contributed by atoms with Crippen LogP contribution in [0.15, 0.2) is 18.2 Å². The van der Waals surface area contributed by atoms with Crippen LogP contribution < -0.4 is 10.6 Å². The van der Waals surface area contributed by atoms with Crippen molar-refractivity contribution < 1.29 is 14.7 Å². The number of aromatic carboxylic acids is 1. The van der Waals surface area contributed by atoms with Crippen molar-refractivity contribution in [2.75, 3.05) is 11.9 Å². The Morgan fingerprint density at radius 3 is 2.71 bits per heavy atom. The lowest BCUT2D eigenvalue weighted by Crippen LogP contribution is -2.34. The highest BCUT2D eigenvalue weighted by molar-refractivity contribution is 5.95. The summed E-state index contributed by atoms with van der Waals surface area (Å²) >= 11 is 0. The lowest BCUT2D eigenvalue weighted by Gasteiger charge is -2.17. The first-order chi connectivity index (χ1) is 9.99. The third-order valence-electron chi connectivity index (χ3n) is 4.38. The van der Waals surface area contributed by atoms with Crippen LogP contribution in [0, 0.1) is 18.8 Å². The van der Waals surface area contributed by atoms with E-state index in [1.165, 1.54) is 18.9 Å². The topological polar surface area (TPSA) is 78.4 Å². The molecule has 0 saturated heterocycles. The molecule has 0 radical (unpaired) electrons. The fourth-order valence-corrected chi connectivity index (χ4v) is 2.92. The standard InChI is InChI=1S/C16H22N2O3/c1-10-5-3-6-12(10)9-17-16(21)18-14-8-4-7-13(11(14)2)15(19)20/h4,7-8,10,12H,3,5-6,9H2,1-2H3,(H,19,20)(H2,17,18,21). The first-order valence-corrected chi connectivity index (χ1v) is 7.36. The van der Waals surface area contributed by atoms with Gasteiger partial charge in [0.1, 0.15) is 0 Å². The SMILES string of the molecule is Cc1c(NC(=O)NCC2CCCC2C)cccc1C(=O)O. The molecular weight excluding hydrogens is 268 g/mol. The van der Waals surface area contributed by atoms with Crippen LogP contribution in [-0.2, 0) is 0 Å². The molecule has 1 aliphatic carbocycles. The van der Waals surface area contributed by atoms with E-state index < -0.39 is 5.97 Å². The third kappa shape index (κ3) is 3.74. The Hall–Kier alpha value is -2.04. The van der Waals surface area contributed by atoms with Gasteiger partial charge in [0, 0.05) is 12.2 Å². The molecule has 5 nitrogen and oxygen atoms in total. The van der Waals surface area contributed by atoms with Crippen LogP contribution >= 0.6 is 0 Å². The Kier molecular flexibility index (Phi) is 4.83. The molecule has 1 saturated carbocycles. The minimum atomic E-state index is -0.990. The summed E-state index contributed by atoms with van der Waals surface area (Å²) in [6.07, 6.45) is 3.62. The number of rotatable bonds is 4. The van der Waals surface area contributed by atoms with Crippen molar-refractivity contribution in [2.45, 2.75) is 33.1 Å². The first kappa shape index (κ1) is 15.4. The number of hydrogen-bond donors (Lipinski definition) is 3. The molecule has 1 aromatic rings. The van der Waals surface area contributed by atoms with Crippen LogP contribution in [0.25, 0.3) is 0 Å². The molecule has 2 rings (SSSR count). The maximum atomic E-state index is 11.9. The van der Waals surface area contributed by atoms with Gasteiger partial charge in [0.25, 0.3) is 0 Å². The van der Waals surface area contributed by atoms with Crippen molar-refractivity contribution in [1.29, 1.82) is 0 Å². The molecule has 5 heteroatoms. The lowest BCUT2D eigenvalue weighted by molar-refractivity contribution is 0.0696. The minimum absolute atomic E-state index is 0.206. The summed E-state index contributed by atoms with van der Waals surface area (Å²) in [4.78, 5) is 23.0. The van der Waals surface area contributed by atoms with Crippen molar-refractivity contribution in [3.8, 4) is 0 Å². The summed E-state index contributed by atoms with van der Waals surface area (Å²) in [5.41, 5.74) is 1.30. The second-order valence-corrected chi connectivity index (χ2v) is 5.79. The van der Waals surface area contributed by atoms with Crippen LogP contribution in [-0.4, -0.2) is 23.7 Å². The summed E-state index contributed by atoms with van der Waals surface area (Å²) in [6.45, 7) is 4.58. The van der Waals surface area contributed by atoms with Gasteiger partial charge in [0.15, 0.2) is 0 Å². The third-order valence-corrected chi connectivity index (χ3v) is 4.38. The molecule has 0 heterocycles. The molecule has 0 bridgehead atoms. The number of urea groups is 1. The number of benzene rings is 1. The summed E-state index contributed by atoms with van der Waals surface area (Å²) in [5.74, 6) is 0.209. The molecule has 0 spiro atoms. The number of carboxylic acids is 1. The molecular formula is C16H22N2O3. The minimum Gasteiger partial charge on any atom is -0.478 e. The summed E-state index contributed by atoms with van der Waals surface area (Å²) in [6, 6.07) is 4.59. The fourth-order valence-electron chi connectivity index (χ4n) is 2.92. The summed E-state index contributed by atoms with van der Waals surface area (Å²) in [7, 11) is 0. The van der Waals surface area contributed by atoms with Gasteiger partial charge in [0.2, 0.25) is 0 Å². The zero-order valence-electron chi connectivity index (χ0n) is 12.5.